The number of carbonyl (C=O) groups excluding carboxylic acids is 2. The van der Waals surface area contributed by atoms with Crippen molar-refractivity contribution >= 4 is 23.4 Å². The second-order valence-electron chi connectivity index (χ2n) is 7.65. The number of piperidine rings is 1. The van der Waals surface area contributed by atoms with E-state index in [4.69, 9.17) is 21.1 Å². The Bertz CT molecular complexity index is 836. The average molecular weight is 445 g/mol. The number of hydrogen-bond acceptors (Lipinski definition) is 4. The number of para-hydroxylation sites is 1. The van der Waals surface area contributed by atoms with E-state index in [1.165, 1.54) is 0 Å². The van der Waals surface area contributed by atoms with E-state index >= 15 is 0 Å². The predicted octanol–water partition coefficient (Wildman–Crippen LogP) is 4.07. The van der Waals surface area contributed by atoms with Gasteiger partial charge in [0.25, 0.3) is 5.91 Å². The molecule has 6 nitrogen and oxygen atoms in total. The number of ether oxygens (including phenoxy) is 2. The zero-order valence-electron chi connectivity index (χ0n) is 17.8. The summed E-state index contributed by atoms with van der Waals surface area (Å²) in [5.41, 5.74) is 0. The van der Waals surface area contributed by atoms with Gasteiger partial charge in [0.05, 0.1) is 6.61 Å². The van der Waals surface area contributed by atoms with Crippen molar-refractivity contribution in [3.63, 3.8) is 0 Å². The van der Waals surface area contributed by atoms with E-state index in [-0.39, 0.29) is 17.9 Å². The van der Waals surface area contributed by atoms with Crippen LogP contribution in [0.4, 0.5) is 0 Å². The molecule has 0 aliphatic carbocycles. The van der Waals surface area contributed by atoms with Gasteiger partial charge in [-0.1, -0.05) is 29.8 Å². The minimum absolute atomic E-state index is 0.0286. The molecule has 0 radical (unpaired) electrons. The van der Waals surface area contributed by atoms with Crippen molar-refractivity contribution in [3.8, 4) is 11.5 Å². The van der Waals surface area contributed by atoms with Crippen LogP contribution < -0.4 is 14.8 Å². The van der Waals surface area contributed by atoms with Gasteiger partial charge >= 0.3 is 0 Å². The van der Waals surface area contributed by atoms with Gasteiger partial charge in [-0.25, -0.2) is 0 Å². The first-order valence-corrected chi connectivity index (χ1v) is 11.1. The maximum atomic E-state index is 12.7. The van der Waals surface area contributed by atoms with Crippen molar-refractivity contribution in [2.45, 2.75) is 44.8 Å². The maximum absolute atomic E-state index is 12.7. The lowest BCUT2D eigenvalue weighted by Crippen LogP contribution is -2.49. The first kappa shape index (κ1) is 22.9. The largest absolute Gasteiger partial charge is 0.494 e. The summed E-state index contributed by atoms with van der Waals surface area (Å²) < 4.78 is 11.3. The minimum atomic E-state index is -0.572. The van der Waals surface area contributed by atoms with Crippen LogP contribution in [0.2, 0.25) is 5.02 Å². The Morgan fingerprint density at radius 3 is 2.42 bits per heavy atom. The van der Waals surface area contributed by atoms with E-state index in [2.05, 4.69) is 5.32 Å². The number of rotatable bonds is 9. The molecule has 7 heteroatoms. The van der Waals surface area contributed by atoms with E-state index in [1.54, 1.807) is 36.1 Å². The van der Waals surface area contributed by atoms with Crippen LogP contribution in [0.15, 0.2) is 54.6 Å². The number of likely N-dealkylation sites (tertiary alicyclic amines) is 1. The molecule has 1 aliphatic heterocycles. The predicted molar refractivity (Wildman–Crippen MR) is 120 cm³/mol. The molecule has 1 atom stereocenters. The third-order valence-electron chi connectivity index (χ3n) is 5.21. The number of carbonyl (C=O) groups is 2. The van der Waals surface area contributed by atoms with Gasteiger partial charge in [0.15, 0.2) is 6.10 Å². The van der Waals surface area contributed by atoms with Crippen LogP contribution in [-0.2, 0) is 9.59 Å². The number of halogens is 1. The third-order valence-corrected chi connectivity index (χ3v) is 5.46. The van der Waals surface area contributed by atoms with Crippen LogP contribution in [0.25, 0.3) is 0 Å². The van der Waals surface area contributed by atoms with Crippen LogP contribution in [0.3, 0.4) is 0 Å². The molecule has 2 amide bonds. The van der Waals surface area contributed by atoms with E-state index < -0.39 is 6.10 Å². The summed E-state index contributed by atoms with van der Waals surface area (Å²) in [4.78, 5) is 26.7. The van der Waals surface area contributed by atoms with Crippen molar-refractivity contribution in [3.05, 3.63) is 59.6 Å². The van der Waals surface area contributed by atoms with Crippen LogP contribution in [-0.4, -0.2) is 48.6 Å². The molecule has 1 aliphatic rings. The molecule has 2 aromatic rings. The van der Waals surface area contributed by atoms with Crippen molar-refractivity contribution in [1.29, 1.82) is 0 Å². The Morgan fingerprint density at radius 1 is 1.06 bits per heavy atom. The highest BCUT2D eigenvalue weighted by molar-refractivity contribution is 6.30. The lowest BCUT2D eigenvalue weighted by Gasteiger charge is -2.33. The van der Waals surface area contributed by atoms with E-state index in [0.29, 0.717) is 43.3 Å². The maximum Gasteiger partial charge on any atom is 0.263 e. The van der Waals surface area contributed by atoms with Crippen LogP contribution in [0.1, 0.15) is 32.6 Å². The standard InChI is InChI=1S/C24H29ClN2O4/c1-18(31-22-11-9-19(25)10-12-22)24(29)27-15-13-20(14-16-27)26-23(28)8-5-17-30-21-6-3-2-4-7-21/h2-4,6-7,9-12,18,20H,5,8,13-17H2,1H3,(H,26,28). The first-order valence-electron chi connectivity index (χ1n) is 10.7. The fourth-order valence-corrected chi connectivity index (χ4v) is 3.63. The molecular weight excluding hydrogens is 416 g/mol. The highest BCUT2D eigenvalue weighted by atomic mass is 35.5. The van der Waals surface area contributed by atoms with Gasteiger partial charge in [-0.2, -0.15) is 0 Å². The number of nitrogens with one attached hydrogen (secondary N) is 1. The second kappa shape index (κ2) is 11.6. The first-order chi connectivity index (χ1) is 15.0. The summed E-state index contributed by atoms with van der Waals surface area (Å²) in [6.07, 6.45) is 2.00. The fraction of sp³-hybridized carbons (Fsp3) is 0.417. The van der Waals surface area contributed by atoms with Crippen LogP contribution in [0.5, 0.6) is 11.5 Å². The van der Waals surface area contributed by atoms with Gasteiger partial charge in [-0.05, 0) is 62.6 Å². The Morgan fingerprint density at radius 2 is 1.74 bits per heavy atom. The lowest BCUT2D eigenvalue weighted by atomic mass is 10.0. The topological polar surface area (TPSA) is 67.9 Å². The van der Waals surface area contributed by atoms with E-state index in [1.807, 2.05) is 30.3 Å². The quantitative estimate of drug-likeness (QED) is 0.592. The van der Waals surface area contributed by atoms with Gasteiger partial charge < -0.3 is 19.7 Å². The molecule has 0 spiro atoms. The average Bonchev–Trinajstić information content (AvgIpc) is 2.79. The molecule has 31 heavy (non-hydrogen) atoms. The Labute approximate surface area is 188 Å². The Kier molecular flexibility index (Phi) is 8.59. The molecule has 0 saturated carbocycles. The highest BCUT2D eigenvalue weighted by Gasteiger charge is 2.27. The van der Waals surface area contributed by atoms with Gasteiger partial charge in [0, 0.05) is 30.6 Å². The molecule has 0 aromatic heterocycles. The number of amides is 2. The molecule has 1 unspecified atom stereocenters. The van der Waals surface area contributed by atoms with Gasteiger partial charge in [0.2, 0.25) is 5.91 Å². The molecular formula is C24H29ClN2O4. The molecule has 0 bridgehead atoms. The Balaban J connectivity index is 1.32. The highest BCUT2D eigenvalue weighted by Crippen LogP contribution is 2.19. The molecule has 2 aromatic carbocycles. The summed E-state index contributed by atoms with van der Waals surface area (Å²) in [6.45, 7) is 3.47. The minimum Gasteiger partial charge on any atom is -0.494 e. The summed E-state index contributed by atoms with van der Waals surface area (Å²) in [5, 5.41) is 3.70. The Hall–Kier alpha value is -2.73. The molecule has 3 rings (SSSR count). The van der Waals surface area contributed by atoms with Crippen LogP contribution >= 0.6 is 11.6 Å². The summed E-state index contributed by atoms with van der Waals surface area (Å²) >= 11 is 5.88. The van der Waals surface area contributed by atoms with E-state index in [0.717, 1.165) is 18.6 Å². The summed E-state index contributed by atoms with van der Waals surface area (Å²) in [7, 11) is 0. The zero-order chi connectivity index (χ0) is 22.1. The molecule has 1 saturated heterocycles. The number of nitrogens with zero attached hydrogens (tertiary/aromatic N) is 1. The SMILES string of the molecule is CC(Oc1ccc(Cl)cc1)C(=O)N1CCC(NC(=O)CCCOc2ccccc2)CC1. The number of benzene rings is 2. The van der Waals surface area contributed by atoms with E-state index in [9.17, 15) is 9.59 Å². The lowest BCUT2D eigenvalue weighted by molar-refractivity contribution is -0.139. The zero-order valence-corrected chi connectivity index (χ0v) is 18.5. The van der Waals surface area contributed by atoms with Crippen molar-refractivity contribution < 1.29 is 19.1 Å². The summed E-state index contributed by atoms with van der Waals surface area (Å²) in [6, 6.07) is 16.6. The van der Waals surface area contributed by atoms with Crippen molar-refractivity contribution in [2.75, 3.05) is 19.7 Å². The van der Waals surface area contributed by atoms with Crippen molar-refractivity contribution in [1.82, 2.24) is 10.2 Å². The second-order valence-corrected chi connectivity index (χ2v) is 8.08. The normalized spacial score (nSPS) is 15.2. The smallest absolute Gasteiger partial charge is 0.263 e. The molecule has 1 fully saturated rings. The van der Waals surface area contributed by atoms with Gasteiger partial charge in [-0.3, -0.25) is 9.59 Å². The van der Waals surface area contributed by atoms with Crippen LogP contribution in [0, 0.1) is 0 Å². The summed E-state index contributed by atoms with van der Waals surface area (Å²) in [5.74, 6) is 1.41. The van der Waals surface area contributed by atoms with Gasteiger partial charge in [0.1, 0.15) is 11.5 Å². The third kappa shape index (κ3) is 7.47. The number of hydrogen-bond donors (Lipinski definition) is 1. The fourth-order valence-electron chi connectivity index (χ4n) is 3.51. The molecule has 1 heterocycles. The molecule has 1 N–H and O–H groups in total. The monoisotopic (exact) mass is 444 g/mol. The van der Waals surface area contributed by atoms with Gasteiger partial charge in [-0.15, -0.1) is 0 Å². The molecule has 166 valence electrons. The van der Waals surface area contributed by atoms with Crippen molar-refractivity contribution in [2.24, 2.45) is 0 Å².